The number of hydrogen-bond donors (Lipinski definition) is 2. The maximum atomic E-state index is 13.0. The number of anilines is 2. The van der Waals surface area contributed by atoms with Gasteiger partial charge in [-0.15, -0.1) is 0 Å². The summed E-state index contributed by atoms with van der Waals surface area (Å²) in [5.74, 6) is -1.11. The van der Waals surface area contributed by atoms with Crippen molar-refractivity contribution in [2.75, 3.05) is 10.0 Å². The molecule has 3 aromatic carbocycles. The molecule has 0 saturated heterocycles. The molecule has 3 rings (SSSR count). The van der Waals surface area contributed by atoms with Crippen LogP contribution in [0.25, 0.3) is 0 Å². The van der Waals surface area contributed by atoms with Crippen molar-refractivity contribution < 1.29 is 30.0 Å². The molecule has 3 aromatic rings. The summed E-state index contributed by atoms with van der Waals surface area (Å²) in [4.78, 5) is 12.4. The van der Waals surface area contributed by atoms with Crippen LogP contribution in [0.15, 0.2) is 71.6 Å². The SMILES string of the molecule is O=C(Nc1ccccc1Cl)c1cc(S(=O)(=O)Nc2ccc(F)cc2)ccc1Cl.[Cl-]. The molecule has 0 spiro atoms. The van der Waals surface area contributed by atoms with E-state index in [0.717, 1.165) is 18.2 Å². The van der Waals surface area contributed by atoms with E-state index < -0.39 is 21.7 Å². The number of benzene rings is 3. The lowest BCUT2D eigenvalue weighted by Gasteiger charge is -2.12. The third-order valence-corrected chi connectivity index (χ3v) is 5.75. The number of halogens is 4. The summed E-state index contributed by atoms with van der Waals surface area (Å²) in [6.45, 7) is 0. The Morgan fingerprint density at radius 2 is 1.55 bits per heavy atom. The van der Waals surface area contributed by atoms with E-state index in [-0.39, 0.29) is 33.6 Å². The lowest BCUT2D eigenvalue weighted by Crippen LogP contribution is -3.00. The first kappa shape index (κ1) is 23.0. The minimum absolute atomic E-state index is 0. The second kappa shape index (κ2) is 9.45. The number of carbonyl (C=O) groups excluding carboxylic acids is 1. The van der Waals surface area contributed by atoms with E-state index in [2.05, 4.69) is 10.0 Å². The first-order chi connectivity index (χ1) is 13.3. The van der Waals surface area contributed by atoms with Crippen LogP contribution in [0.3, 0.4) is 0 Å². The van der Waals surface area contributed by atoms with Gasteiger partial charge in [0, 0.05) is 5.69 Å². The second-order valence-corrected chi connectivity index (χ2v) is 8.18. The second-order valence-electron chi connectivity index (χ2n) is 5.69. The van der Waals surface area contributed by atoms with Gasteiger partial charge in [0.2, 0.25) is 0 Å². The molecule has 0 unspecified atom stereocenters. The summed E-state index contributed by atoms with van der Waals surface area (Å²) in [5.41, 5.74) is 0.505. The zero-order chi connectivity index (χ0) is 20.3. The summed E-state index contributed by atoms with van der Waals surface area (Å²) in [7, 11) is -4.02. The fraction of sp³-hybridized carbons (Fsp3) is 0. The Labute approximate surface area is 183 Å². The molecule has 29 heavy (non-hydrogen) atoms. The predicted octanol–water partition coefficient (Wildman–Crippen LogP) is 2.19. The summed E-state index contributed by atoms with van der Waals surface area (Å²) in [6, 6.07) is 15.2. The van der Waals surface area contributed by atoms with Crippen LogP contribution >= 0.6 is 23.2 Å². The molecule has 0 atom stereocenters. The number of carbonyl (C=O) groups is 1. The third-order valence-electron chi connectivity index (χ3n) is 3.71. The minimum atomic E-state index is -4.02. The van der Waals surface area contributed by atoms with Gasteiger partial charge >= 0.3 is 0 Å². The molecule has 0 fully saturated rings. The van der Waals surface area contributed by atoms with Gasteiger partial charge in [0.15, 0.2) is 0 Å². The van der Waals surface area contributed by atoms with Gasteiger partial charge in [-0.3, -0.25) is 9.52 Å². The summed E-state index contributed by atoms with van der Waals surface area (Å²) in [5, 5.41) is 2.99. The summed E-state index contributed by atoms with van der Waals surface area (Å²) >= 11 is 12.1. The van der Waals surface area contributed by atoms with Crippen molar-refractivity contribution >= 4 is 50.5 Å². The maximum absolute atomic E-state index is 13.0. The highest BCUT2D eigenvalue weighted by atomic mass is 35.5. The van der Waals surface area contributed by atoms with E-state index in [1.54, 1.807) is 24.3 Å². The lowest BCUT2D eigenvalue weighted by molar-refractivity contribution is -0.0000160. The Morgan fingerprint density at radius 3 is 2.21 bits per heavy atom. The van der Waals surface area contributed by atoms with Crippen LogP contribution in [0.1, 0.15) is 10.4 Å². The van der Waals surface area contributed by atoms with E-state index in [0.29, 0.717) is 10.7 Å². The van der Waals surface area contributed by atoms with Crippen LogP contribution in [0.2, 0.25) is 10.0 Å². The first-order valence-corrected chi connectivity index (χ1v) is 10.1. The van der Waals surface area contributed by atoms with E-state index in [9.17, 15) is 17.6 Å². The zero-order valence-corrected chi connectivity index (χ0v) is 17.6. The van der Waals surface area contributed by atoms with E-state index in [4.69, 9.17) is 23.2 Å². The molecule has 0 heterocycles. The highest BCUT2D eigenvalue weighted by Gasteiger charge is 2.19. The fourth-order valence-corrected chi connectivity index (χ4v) is 3.80. The fourth-order valence-electron chi connectivity index (χ4n) is 2.33. The molecule has 152 valence electrons. The molecular weight excluding hydrogens is 462 g/mol. The van der Waals surface area contributed by atoms with Gasteiger partial charge in [0.25, 0.3) is 15.9 Å². The smallest absolute Gasteiger partial charge is 0.261 e. The van der Waals surface area contributed by atoms with Crippen molar-refractivity contribution in [2.45, 2.75) is 4.90 Å². The molecule has 1 amide bonds. The Kier molecular flexibility index (Phi) is 7.48. The Bertz CT molecular complexity index is 1140. The number of para-hydroxylation sites is 1. The largest absolute Gasteiger partial charge is 1.00 e. The van der Waals surface area contributed by atoms with Gasteiger partial charge < -0.3 is 17.7 Å². The van der Waals surface area contributed by atoms with E-state index >= 15 is 0 Å². The minimum Gasteiger partial charge on any atom is -1.00 e. The molecule has 5 nitrogen and oxygen atoms in total. The molecule has 0 radical (unpaired) electrons. The van der Waals surface area contributed by atoms with Crippen molar-refractivity contribution in [1.82, 2.24) is 0 Å². The molecular formula is C19H13Cl3FN2O3S-. The maximum Gasteiger partial charge on any atom is 0.261 e. The van der Waals surface area contributed by atoms with Crippen LogP contribution in [0, 0.1) is 5.82 Å². The predicted molar refractivity (Wildman–Crippen MR) is 108 cm³/mol. The van der Waals surface area contributed by atoms with Gasteiger partial charge in [-0.2, -0.15) is 0 Å². The summed E-state index contributed by atoms with van der Waals surface area (Å²) < 4.78 is 40.5. The van der Waals surface area contributed by atoms with Crippen LogP contribution in [-0.4, -0.2) is 14.3 Å². The molecule has 0 saturated carbocycles. The topological polar surface area (TPSA) is 75.3 Å². The van der Waals surface area contributed by atoms with Crippen LogP contribution < -0.4 is 22.4 Å². The Balaban J connectivity index is 0.00000300. The monoisotopic (exact) mass is 473 g/mol. The zero-order valence-electron chi connectivity index (χ0n) is 14.5. The number of hydrogen-bond acceptors (Lipinski definition) is 3. The average molecular weight is 475 g/mol. The van der Waals surface area contributed by atoms with Gasteiger partial charge in [0.1, 0.15) is 5.82 Å². The van der Waals surface area contributed by atoms with E-state index in [1.165, 1.54) is 24.3 Å². The van der Waals surface area contributed by atoms with Gasteiger partial charge in [-0.05, 0) is 54.6 Å². The number of nitrogens with one attached hydrogen (secondary N) is 2. The Hall–Kier alpha value is -2.32. The highest BCUT2D eigenvalue weighted by molar-refractivity contribution is 7.92. The number of amides is 1. The third kappa shape index (κ3) is 5.61. The molecule has 0 aliphatic heterocycles. The lowest BCUT2D eigenvalue weighted by atomic mass is 10.2. The molecule has 0 aliphatic carbocycles. The van der Waals surface area contributed by atoms with Crippen molar-refractivity contribution in [3.63, 3.8) is 0 Å². The molecule has 10 heteroatoms. The highest BCUT2D eigenvalue weighted by Crippen LogP contribution is 2.26. The standard InChI is InChI=1S/C19H13Cl2FN2O3S.ClH/c20-16-10-9-14(28(26,27)24-13-7-5-12(22)6-8-13)11-15(16)19(25)23-18-4-2-1-3-17(18)21;/h1-11,24H,(H,23,25);1H/p-1. The molecule has 0 bridgehead atoms. The van der Waals surface area contributed by atoms with Crippen LogP contribution in [0.4, 0.5) is 15.8 Å². The van der Waals surface area contributed by atoms with Crippen molar-refractivity contribution in [2.24, 2.45) is 0 Å². The molecule has 0 aliphatic rings. The number of rotatable bonds is 5. The van der Waals surface area contributed by atoms with Crippen molar-refractivity contribution in [3.8, 4) is 0 Å². The van der Waals surface area contributed by atoms with E-state index in [1.807, 2.05) is 0 Å². The summed E-state index contributed by atoms with van der Waals surface area (Å²) in [6.07, 6.45) is 0. The van der Waals surface area contributed by atoms with Crippen LogP contribution in [0.5, 0.6) is 0 Å². The van der Waals surface area contributed by atoms with Crippen molar-refractivity contribution in [1.29, 1.82) is 0 Å². The molecule has 2 N–H and O–H groups in total. The molecule has 0 aromatic heterocycles. The van der Waals surface area contributed by atoms with Gasteiger partial charge in [-0.1, -0.05) is 35.3 Å². The Morgan fingerprint density at radius 1 is 0.897 bits per heavy atom. The number of sulfonamides is 1. The van der Waals surface area contributed by atoms with Crippen molar-refractivity contribution in [3.05, 3.63) is 88.2 Å². The van der Waals surface area contributed by atoms with Gasteiger partial charge in [0.05, 0.1) is 26.2 Å². The normalized spacial score (nSPS) is 10.7. The average Bonchev–Trinajstić information content (AvgIpc) is 2.65. The van der Waals surface area contributed by atoms with Gasteiger partial charge in [-0.25, -0.2) is 12.8 Å². The van der Waals surface area contributed by atoms with Crippen LogP contribution in [-0.2, 0) is 10.0 Å². The first-order valence-electron chi connectivity index (χ1n) is 7.90. The quantitative estimate of drug-likeness (QED) is 0.595.